The fraction of sp³-hybridized carbons (Fsp3) is 0.182. The molecule has 2 rings (SSSR count). The molecule has 0 saturated heterocycles. The number of fused-ring (bicyclic) bond motifs is 1. The lowest BCUT2D eigenvalue weighted by Crippen LogP contribution is -2.03. The van der Waals surface area contributed by atoms with Crippen molar-refractivity contribution in [3.05, 3.63) is 38.4 Å². The van der Waals surface area contributed by atoms with Crippen LogP contribution in [0.2, 0.25) is 0 Å². The number of carbonyl (C=O) groups excluding carboxylic acids is 1. The molecule has 7 nitrogen and oxygen atoms in total. The summed E-state index contributed by atoms with van der Waals surface area (Å²) in [6.45, 7) is 1.81. The van der Waals surface area contributed by atoms with E-state index in [-0.39, 0.29) is 11.3 Å². The SMILES string of the molecule is COC(=O)c1cnc2nc(C)c(Br)cc2c1N=[N+]=[N-]. The minimum Gasteiger partial charge on any atom is -0.465 e. The highest BCUT2D eigenvalue weighted by Crippen LogP contribution is 2.31. The Balaban J connectivity index is 2.87. The molecule has 0 atom stereocenters. The lowest BCUT2D eigenvalue weighted by atomic mass is 10.1. The zero-order valence-electron chi connectivity index (χ0n) is 10.1. The molecule has 0 aliphatic heterocycles. The molecule has 2 aromatic rings. The predicted octanol–water partition coefficient (Wildman–Crippen LogP) is 3.43. The number of esters is 1. The molecule has 0 bridgehead atoms. The van der Waals surface area contributed by atoms with Crippen LogP contribution < -0.4 is 0 Å². The molecule has 0 fully saturated rings. The number of halogens is 1. The van der Waals surface area contributed by atoms with Gasteiger partial charge in [-0.15, -0.1) is 0 Å². The van der Waals surface area contributed by atoms with Crippen molar-refractivity contribution in [1.29, 1.82) is 0 Å². The molecule has 0 spiro atoms. The van der Waals surface area contributed by atoms with Crippen molar-refractivity contribution in [2.24, 2.45) is 5.11 Å². The van der Waals surface area contributed by atoms with Gasteiger partial charge in [-0.25, -0.2) is 14.8 Å². The van der Waals surface area contributed by atoms with Crippen LogP contribution in [0.1, 0.15) is 16.1 Å². The normalized spacial score (nSPS) is 10.1. The molecule has 0 aliphatic carbocycles. The van der Waals surface area contributed by atoms with E-state index in [1.165, 1.54) is 13.3 Å². The Morgan fingerprint density at radius 2 is 2.32 bits per heavy atom. The second-order valence-corrected chi connectivity index (χ2v) is 4.48. The van der Waals surface area contributed by atoms with Crippen LogP contribution in [0.3, 0.4) is 0 Å². The molecule has 19 heavy (non-hydrogen) atoms. The fourth-order valence-corrected chi connectivity index (χ4v) is 1.90. The summed E-state index contributed by atoms with van der Waals surface area (Å²) in [5, 5.41) is 4.04. The first-order chi connectivity index (χ1) is 9.08. The number of aromatic nitrogens is 2. The molecule has 0 unspecified atom stereocenters. The molecule has 2 aromatic heterocycles. The van der Waals surface area contributed by atoms with E-state index in [2.05, 4.69) is 40.7 Å². The van der Waals surface area contributed by atoms with Gasteiger partial charge >= 0.3 is 5.97 Å². The lowest BCUT2D eigenvalue weighted by molar-refractivity contribution is 0.0601. The molecule has 0 radical (unpaired) electrons. The van der Waals surface area contributed by atoms with Crippen LogP contribution in [0.5, 0.6) is 0 Å². The number of ether oxygens (including phenoxy) is 1. The molecule has 8 heteroatoms. The average molecular weight is 322 g/mol. The number of hydrogen-bond donors (Lipinski definition) is 0. The summed E-state index contributed by atoms with van der Waals surface area (Å²) in [5.74, 6) is -0.617. The second-order valence-electron chi connectivity index (χ2n) is 3.63. The third-order valence-electron chi connectivity index (χ3n) is 2.51. The highest BCUT2D eigenvalue weighted by molar-refractivity contribution is 9.10. The molecule has 0 N–H and O–H groups in total. The van der Waals surface area contributed by atoms with E-state index in [0.717, 1.165) is 10.2 Å². The Labute approximate surface area is 116 Å². The van der Waals surface area contributed by atoms with Crippen LogP contribution in [-0.4, -0.2) is 23.0 Å². The van der Waals surface area contributed by atoms with Gasteiger partial charge in [-0.2, -0.15) is 0 Å². The number of nitrogens with zero attached hydrogens (tertiary/aromatic N) is 5. The van der Waals surface area contributed by atoms with E-state index in [4.69, 9.17) is 5.53 Å². The topological polar surface area (TPSA) is 101 Å². The van der Waals surface area contributed by atoms with Crippen molar-refractivity contribution in [2.75, 3.05) is 7.11 Å². The van der Waals surface area contributed by atoms with E-state index in [9.17, 15) is 4.79 Å². The number of carbonyl (C=O) groups is 1. The number of methoxy groups -OCH3 is 1. The average Bonchev–Trinajstić information content (AvgIpc) is 2.40. The summed E-state index contributed by atoms with van der Waals surface area (Å²) in [5.41, 5.74) is 10.0. The monoisotopic (exact) mass is 321 g/mol. The molecular formula is C11H8BrN5O2. The number of rotatable bonds is 2. The molecule has 96 valence electrons. The van der Waals surface area contributed by atoms with Gasteiger partial charge in [-0.3, -0.25) is 0 Å². The van der Waals surface area contributed by atoms with Crippen LogP contribution in [0.4, 0.5) is 5.69 Å². The lowest BCUT2D eigenvalue weighted by Gasteiger charge is -2.07. The molecule has 0 saturated carbocycles. The van der Waals surface area contributed by atoms with Crippen LogP contribution in [0.25, 0.3) is 21.5 Å². The molecule has 0 aliphatic rings. The van der Waals surface area contributed by atoms with E-state index >= 15 is 0 Å². The summed E-state index contributed by atoms with van der Waals surface area (Å²) in [6.07, 6.45) is 1.29. The Morgan fingerprint density at radius 3 is 2.95 bits per heavy atom. The first-order valence-corrected chi connectivity index (χ1v) is 5.97. The van der Waals surface area contributed by atoms with E-state index in [0.29, 0.717) is 11.0 Å². The van der Waals surface area contributed by atoms with Crippen molar-refractivity contribution in [1.82, 2.24) is 9.97 Å². The predicted molar refractivity (Wildman–Crippen MR) is 72.1 cm³/mol. The van der Waals surface area contributed by atoms with Crippen molar-refractivity contribution >= 4 is 38.6 Å². The minimum atomic E-state index is -0.617. The highest BCUT2D eigenvalue weighted by atomic mass is 79.9. The largest absolute Gasteiger partial charge is 0.465 e. The Morgan fingerprint density at radius 1 is 1.58 bits per heavy atom. The third kappa shape index (κ3) is 2.35. The summed E-state index contributed by atoms with van der Waals surface area (Å²) >= 11 is 3.34. The van der Waals surface area contributed by atoms with Gasteiger partial charge in [-0.1, -0.05) is 5.11 Å². The van der Waals surface area contributed by atoms with E-state index < -0.39 is 5.97 Å². The van der Waals surface area contributed by atoms with Gasteiger partial charge in [0.1, 0.15) is 0 Å². The Bertz CT molecular complexity index is 725. The summed E-state index contributed by atoms with van der Waals surface area (Å²) in [4.78, 5) is 22.7. The van der Waals surface area contributed by atoms with Gasteiger partial charge < -0.3 is 4.74 Å². The van der Waals surface area contributed by atoms with Gasteiger partial charge in [0.2, 0.25) is 0 Å². The van der Waals surface area contributed by atoms with Crippen LogP contribution in [0, 0.1) is 6.92 Å². The quantitative estimate of drug-likeness (QED) is 0.366. The second kappa shape index (κ2) is 5.21. The zero-order valence-corrected chi connectivity index (χ0v) is 11.7. The van der Waals surface area contributed by atoms with Gasteiger partial charge in [0.25, 0.3) is 0 Å². The first kappa shape index (κ1) is 13.3. The smallest absolute Gasteiger partial charge is 0.339 e. The van der Waals surface area contributed by atoms with Crippen LogP contribution in [-0.2, 0) is 4.74 Å². The number of pyridine rings is 2. The molecule has 0 amide bonds. The summed E-state index contributed by atoms with van der Waals surface area (Å²) in [7, 11) is 1.25. The Kier molecular flexibility index (Phi) is 3.64. The van der Waals surface area contributed by atoms with Gasteiger partial charge in [0.15, 0.2) is 5.65 Å². The van der Waals surface area contributed by atoms with E-state index in [1.54, 1.807) is 6.07 Å². The standard InChI is InChI=1S/C11H8BrN5O2/c1-5-8(12)3-6-9(16-17-13)7(11(18)19-2)4-14-10(6)15-5/h3-4H,1-2H3. The maximum absolute atomic E-state index is 11.6. The van der Waals surface area contributed by atoms with Crippen LogP contribution in [0.15, 0.2) is 21.9 Å². The van der Waals surface area contributed by atoms with Crippen LogP contribution >= 0.6 is 15.9 Å². The Hall–Kier alpha value is -2.18. The number of hydrogen-bond acceptors (Lipinski definition) is 5. The highest BCUT2D eigenvalue weighted by Gasteiger charge is 2.16. The third-order valence-corrected chi connectivity index (χ3v) is 3.31. The maximum Gasteiger partial charge on any atom is 0.339 e. The zero-order chi connectivity index (χ0) is 14.0. The molecule has 2 heterocycles. The minimum absolute atomic E-state index is 0.102. The van der Waals surface area contributed by atoms with Gasteiger partial charge in [-0.05, 0) is 34.5 Å². The maximum atomic E-state index is 11.6. The van der Waals surface area contributed by atoms with Crippen molar-refractivity contribution in [3.8, 4) is 0 Å². The van der Waals surface area contributed by atoms with Crippen molar-refractivity contribution < 1.29 is 9.53 Å². The van der Waals surface area contributed by atoms with E-state index in [1.807, 2.05) is 6.92 Å². The molecular weight excluding hydrogens is 314 g/mol. The molecule has 0 aromatic carbocycles. The summed E-state index contributed by atoms with van der Waals surface area (Å²) < 4.78 is 5.37. The van der Waals surface area contributed by atoms with Crippen molar-refractivity contribution in [2.45, 2.75) is 6.92 Å². The van der Waals surface area contributed by atoms with Gasteiger partial charge in [0.05, 0.1) is 24.1 Å². The summed E-state index contributed by atoms with van der Waals surface area (Å²) in [6, 6.07) is 1.71. The van der Waals surface area contributed by atoms with Gasteiger partial charge in [0, 0.05) is 21.0 Å². The number of aryl methyl sites for hydroxylation is 1. The first-order valence-electron chi connectivity index (χ1n) is 5.17. The van der Waals surface area contributed by atoms with Crippen molar-refractivity contribution in [3.63, 3.8) is 0 Å². The number of azide groups is 1. The fourth-order valence-electron chi connectivity index (χ4n) is 1.58.